The van der Waals surface area contributed by atoms with E-state index in [-0.39, 0.29) is 0 Å². The second-order valence-electron chi connectivity index (χ2n) is 4.57. The number of hydrogen-bond donors (Lipinski definition) is 1. The molecule has 2 heterocycles. The van der Waals surface area contributed by atoms with Gasteiger partial charge in [-0.1, -0.05) is 37.3 Å². The van der Waals surface area contributed by atoms with Crippen LogP contribution in [0.2, 0.25) is 0 Å². The fraction of sp³-hybridized carbons (Fsp3) is 0.214. The maximum atomic E-state index is 4.40. The van der Waals surface area contributed by atoms with Gasteiger partial charge in [-0.15, -0.1) is 15.3 Å². The number of hydrogen-bond acceptors (Lipinski definition) is 6. The molecule has 2 aromatic heterocycles. The minimum Gasteiger partial charge on any atom is -0.243 e. The first-order valence-electron chi connectivity index (χ1n) is 6.71. The Balaban J connectivity index is 1.92. The molecule has 3 rings (SSSR count). The number of fused-ring (bicyclic) bond motifs is 1. The normalized spacial score (nSPS) is 11.8. The average molecular weight is 281 g/mol. The Labute approximate surface area is 121 Å². The van der Waals surface area contributed by atoms with E-state index in [2.05, 4.69) is 30.8 Å². The molecule has 0 aliphatic rings. The van der Waals surface area contributed by atoms with E-state index < -0.39 is 0 Å². The van der Waals surface area contributed by atoms with Crippen molar-refractivity contribution in [3.8, 4) is 11.3 Å². The molecule has 7 heteroatoms. The first kappa shape index (κ1) is 13.2. The molecule has 21 heavy (non-hydrogen) atoms. The fourth-order valence-electron chi connectivity index (χ4n) is 1.73. The van der Waals surface area contributed by atoms with E-state index in [9.17, 15) is 0 Å². The molecule has 0 aliphatic heterocycles. The zero-order valence-corrected chi connectivity index (χ0v) is 11.9. The van der Waals surface area contributed by atoms with Gasteiger partial charge in [-0.2, -0.15) is 9.62 Å². The van der Waals surface area contributed by atoms with E-state index in [1.165, 1.54) is 0 Å². The molecule has 1 aromatic carbocycles. The third-order valence-electron chi connectivity index (χ3n) is 3.03. The zero-order valence-electron chi connectivity index (χ0n) is 11.9. The molecule has 1 N–H and O–H groups in total. The van der Waals surface area contributed by atoms with Crippen molar-refractivity contribution in [1.82, 2.24) is 24.8 Å². The van der Waals surface area contributed by atoms with Gasteiger partial charge in [-0.05, 0) is 13.3 Å². The molecule has 3 aromatic rings. The summed E-state index contributed by atoms with van der Waals surface area (Å²) in [5.41, 5.74) is 5.58. The lowest BCUT2D eigenvalue weighted by Crippen LogP contribution is -2.05. The van der Waals surface area contributed by atoms with Crippen molar-refractivity contribution in [3.63, 3.8) is 0 Å². The number of rotatable bonds is 4. The summed E-state index contributed by atoms with van der Waals surface area (Å²) in [6, 6.07) is 9.88. The van der Waals surface area contributed by atoms with Crippen LogP contribution in [0.5, 0.6) is 0 Å². The second-order valence-corrected chi connectivity index (χ2v) is 4.57. The molecule has 0 radical (unpaired) electrons. The molecular formula is C14H15N7. The van der Waals surface area contributed by atoms with Gasteiger partial charge in [-0.3, -0.25) is 0 Å². The molecule has 0 bridgehead atoms. The third-order valence-corrected chi connectivity index (χ3v) is 3.03. The number of imidazole rings is 1. The highest BCUT2D eigenvalue weighted by atomic mass is 15.5. The summed E-state index contributed by atoms with van der Waals surface area (Å²) in [5.74, 6) is 0.794. The van der Waals surface area contributed by atoms with Crippen molar-refractivity contribution in [2.75, 3.05) is 5.43 Å². The van der Waals surface area contributed by atoms with Gasteiger partial charge in [-0.25, -0.2) is 10.4 Å². The van der Waals surface area contributed by atoms with Crippen molar-refractivity contribution in [2.45, 2.75) is 20.3 Å². The molecule has 106 valence electrons. The highest BCUT2D eigenvalue weighted by molar-refractivity contribution is 5.82. The average Bonchev–Trinajstić information content (AvgIpc) is 2.96. The maximum absolute atomic E-state index is 4.40. The highest BCUT2D eigenvalue weighted by Gasteiger charge is 2.07. The number of nitrogens with one attached hydrogen (secondary N) is 1. The number of anilines is 1. The van der Waals surface area contributed by atoms with Crippen molar-refractivity contribution >= 4 is 17.4 Å². The predicted octanol–water partition coefficient (Wildman–Crippen LogP) is 2.38. The van der Waals surface area contributed by atoms with Gasteiger partial charge in [0.25, 0.3) is 11.7 Å². The Morgan fingerprint density at radius 2 is 2.05 bits per heavy atom. The monoisotopic (exact) mass is 281 g/mol. The van der Waals surface area contributed by atoms with Crippen molar-refractivity contribution in [1.29, 1.82) is 0 Å². The Morgan fingerprint density at radius 1 is 1.24 bits per heavy atom. The molecule has 0 fully saturated rings. The first-order valence-corrected chi connectivity index (χ1v) is 6.71. The Kier molecular flexibility index (Phi) is 3.55. The van der Waals surface area contributed by atoms with Crippen LogP contribution < -0.4 is 5.43 Å². The fourth-order valence-corrected chi connectivity index (χ4v) is 1.73. The van der Waals surface area contributed by atoms with E-state index in [1.54, 1.807) is 4.52 Å². The lowest BCUT2D eigenvalue weighted by atomic mass is 10.2. The number of nitrogens with zero attached hydrogens (tertiary/aromatic N) is 6. The minimum atomic E-state index is 0.340. The van der Waals surface area contributed by atoms with Crippen LogP contribution in [-0.4, -0.2) is 30.5 Å². The predicted molar refractivity (Wildman–Crippen MR) is 81.0 cm³/mol. The molecule has 0 unspecified atom stereocenters. The molecule has 0 atom stereocenters. The highest BCUT2D eigenvalue weighted by Crippen LogP contribution is 2.17. The topological polar surface area (TPSA) is 80.4 Å². The van der Waals surface area contributed by atoms with Crippen molar-refractivity contribution in [2.24, 2.45) is 5.10 Å². The van der Waals surface area contributed by atoms with E-state index in [0.717, 1.165) is 23.4 Å². The van der Waals surface area contributed by atoms with Crippen LogP contribution in [0.15, 0.2) is 41.6 Å². The Hall–Kier alpha value is -2.83. The van der Waals surface area contributed by atoms with Crippen LogP contribution in [0.3, 0.4) is 0 Å². The lowest BCUT2D eigenvalue weighted by molar-refractivity contribution is 0.828. The lowest BCUT2D eigenvalue weighted by Gasteiger charge is -1.98. The standard InChI is InChI=1S/C14H15N7/c1-3-10(2)16-17-13-18-19-14-15-12(9-21(14)20-13)11-7-5-4-6-8-11/h4-9H,3H2,1-2H3,(H,17,20). The smallest absolute Gasteiger partial charge is 0.243 e. The SMILES string of the molecule is CCC(C)=NNc1nnc2nc(-c3ccccc3)cn2n1. The molecule has 0 spiro atoms. The number of aromatic nitrogens is 5. The van der Waals surface area contributed by atoms with E-state index in [1.807, 2.05) is 50.4 Å². The molecule has 7 nitrogen and oxygen atoms in total. The van der Waals surface area contributed by atoms with Gasteiger partial charge in [0.05, 0.1) is 11.9 Å². The third kappa shape index (κ3) is 2.86. The van der Waals surface area contributed by atoms with Crippen molar-refractivity contribution in [3.05, 3.63) is 36.5 Å². The molecule has 0 aliphatic carbocycles. The first-order chi connectivity index (χ1) is 10.3. The Bertz CT molecular complexity index is 776. The summed E-state index contributed by atoms with van der Waals surface area (Å²) in [7, 11) is 0. The minimum absolute atomic E-state index is 0.340. The van der Waals surface area contributed by atoms with Crippen LogP contribution >= 0.6 is 0 Å². The zero-order chi connectivity index (χ0) is 14.7. The van der Waals surface area contributed by atoms with Gasteiger partial charge in [0.2, 0.25) is 0 Å². The van der Waals surface area contributed by atoms with Crippen LogP contribution in [0, 0.1) is 0 Å². The van der Waals surface area contributed by atoms with Gasteiger partial charge < -0.3 is 0 Å². The summed E-state index contributed by atoms with van der Waals surface area (Å²) >= 11 is 0. The summed E-state index contributed by atoms with van der Waals surface area (Å²) in [4.78, 5) is 4.40. The summed E-state index contributed by atoms with van der Waals surface area (Å²) in [6.07, 6.45) is 2.69. The van der Waals surface area contributed by atoms with Gasteiger partial charge in [0.15, 0.2) is 0 Å². The van der Waals surface area contributed by atoms with Gasteiger partial charge >= 0.3 is 0 Å². The van der Waals surface area contributed by atoms with Crippen LogP contribution in [-0.2, 0) is 0 Å². The summed E-state index contributed by atoms with van der Waals surface area (Å²) in [6.45, 7) is 3.97. The molecule has 0 amide bonds. The second kappa shape index (κ2) is 5.66. The van der Waals surface area contributed by atoms with Crippen LogP contribution in [0.1, 0.15) is 20.3 Å². The molecule has 0 saturated carbocycles. The van der Waals surface area contributed by atoms with Gasteiger partial charge in [0, 0.05) is 11.3 Å². The summed E-state index contributed by atoms with van der Waals surface area (Å²) < 4.78 is 1.59. The number of benzene rings is 1. The van der Waals surface area contributed by atoms with E-state index in [0.29, 0.717) is 11.7 Å². The largest absolute Gasteiger partial charge is 0.280 e. The molecular weight excluding hydrogens is 266 g/mol. The summed E-state index contributed by atoms with van der Waals surface area (Å²) in [5, 5.41) is 16.4. The van der Waals surface area contributed by atoms with Crippen LogP contribution in [0.4, 0.5) is 5.95 Å². The van der Waals surface area contributed by atoms with Crippen molar-refractivity contribution < 1.29 is 0 Å². The quantitative estimate of drug-likeness (QED) is 0.586. The Morgan fingerprint density at radius 3 is 2.81 bits per heavy atom. The number of hydrazone groups is 1. The molecule has 0 saturated heterocycles. The van der Waals surface area contributed by atoms with E-state index >= 15 is 0 Å². The van der Waals surface area contributed by atoms with Crippen LogP contribution in [0.25, 0.3) is 17.0 Å². The maximum Gasteiger partial charge on any atom is 0.280 e. The van der Waals surface area contributed by atoms with Gasteiger partial charge in [0.1, 0.15) is 0 Å². The van der Waals surface area contributed by atoms with E-state index in [4.69, 9.17) is 0 Å².